The molecule has 0 aliphatic heterocycles. The van der Waals surface area contributed by atoms with Crippen LogP contribution in [0.4, 0.5) is 0 Å². The molecule has 0 fully saturated rings. The predicted molar refractivity (Wildman–Crippen MR) is 25.4 cm³/mol. The molecule has 0 amide bonds. The van der Waals surface area contributed by atoms with Crippen LogP contribution in [0.5, 0.6) is 0 Å². The van der Waals surface area contributed by atoms with Gasteiger partial charge < -0.3 is 11.5 Å². The van der Waals surface area contributed by atoms with Gasteiger partial charge in [0.05, 0.1) is 0 Å². The summed E-state index contributed by atoms with van der Waals surface area (Å²) >= 11 is 0. The molecule has 0 atom stereocenters. The van der Waals surface area contributed by atoms with Gasteiger partial charge in [0.1, 0.15) is 0 Å². The van der Waals surface area contributed by atoms with Gasteiger partial charge in [-0.2, -0.15) is 0 Å². The van der Waals surface area contributed by atoms with Crippen LogP contribution < -0.4 is 11.5 Å². The van der Waals surface area contributed by atoms with Crippen LogP contribution in [0.25, 0.3) is 0 Å². The molecule has 0 bridgehead atoms. The third-order valence-electron chi connectivity index (χ3n) is 0.167. The van der Waals surface area contributed by atoms with E-state index in [1.807, 2.05) is 0 Å². The van der Waals surface area contributed by atoms with E-state index in [9.17, 15) is 0 Å². The third-order valence-corrected chi connectivity index (χ3v) is 0.167. The van der Waals surface area contributed by atoms with Crippen molar-refractivity contribution in [1.29, 1.82) is 0 Å². The first-order valence-electron chi connectivity index (χ1n) is 1.32. The van der Waals surface area contributed by atoms with E-state index < -0.39 is 0 Å². The van der Waals surface area contributed by atoms with Gasteiger partial charge in [0.2, 0.25) is 0 Å². The van der Waals surface area contributed by atoms with E-state index in [2.05, 4.69) is 0 Å². The Labute approximate surface area is 54.5 Å². The van der Waals surface area contributed by atoms with E-state index in [0.29, 0.717) is 13.1 Å². The number of halogens is 1. The summed E-state index contributed by atoms with van der Waals surface area (Å²) < 4.78 is 0. The summed E-state index contributed by atoms with van der Waals surface area (Å²) in [5, 5.41) is 0. The topological polar surface area (TPSA) is 52.0 Å². The molecule has 4 heteroatoms. The number of nitrogens with two attached hydrogens (primary N) is 2. The van der Waals surface area contributed by atoms with Gasteiger partial charge in [0, 0.05) is 30.2 Å². The zero-order chi connectivity index (χ0) is 3.41. The molecular weight excluding hydrogens is 143 g/mol. The second-order valence-electron chi connectivity index (χ2n) is 0.577. The van der Waals surface area contributed by atoms with Crippen LogP contribution >= 0.6 is 12.4 Å². The summed E-state index contributed by atoms with van der Waals surface area (Å²) in [5.41, 5.74) is 9.81. The van der Waals surface area contributed by atoms with Gasteiger partial charge in [0.25, 0.3) is 0 Å². The summed E-state index contributed by atoms with van der Waals surface area (Å²) in [6, 6.07) is 0. The van der Waals surface area contributed by atoms with E-state index in [1.165, 1.54) is 0 Å². The average Bonchev–Trinajstić information content (AvgIpc) is 1.37. The summed E-state index contributed by atoms with van der Waals surface area (Å²) in [4.78, 5) is 0. The second-order valence-corrected chi connectivity index (χ2v) is 0.577. The molecular formula is C2H9ClFeN2. The van der Waals surface area contributed by atoms with Crippen molar-refractivity contribution in [2.45, 2.75) is 0 Å². The zero-order valence-electron chi connectivity index (χ0n) is 3.33. The Morgan fingerprint density at radius 1 is 1.00 bits per heavy atom. The van der Waals surface area contributed by atoms with Gasteiger partial charge in [-0.3, -0.25) is 0 Å². The van der Waals surface area contributed by atoms with Gasteiger partial charge in [-0.1, -0.05) is 0 Å². The van der Waals surface area contributed by atoms with Gasteiger partial charge in [-0.15, -0.1) is 12.4 Å². The molecule has 2 nitrogen and oxygen atoms in total. The first-order chi connectivity index (χ1) is 1.91. The Morgan fingerprint density at radius 3 is 1.17 bits per heavy atom. The van der Waals surface area contributed by atoms with Crippen molar-refractivity contribution in [3.05, 3.63) is 0 Å². The van der Waals surface area contributed by atoms with Crippen molar-refractivity contribution < 1.29 is 17.1 Å². The monoisotopic (exact) mass is 152 g/mol. The van der Waals surface area contributed by atoms with Crippen molar-refractivity contribution in [1.82, 2.24) is 0 Å². The molecule has 0 rings (SSSR count). The first kappa shape index (κ1) is 15.9. The maximum absolute atomic E-state index is 4.90. The van der Waals surface area contributed by atoms with Gasteiger partial charge in [-0.05, 0) is 0 Å². The standard InChI is InChI=1S/C2H8N2.ClH.Fe/c3-1-2-4;;/h1-4H2;1H;. The maximum Gasteiger partial charge on any atom is 0.00461 e. The van der Waals surface area contributed by atoms with Gasteiger partial charge in [0.15, 0.2) is 0 Å². The molecule has 0 aromatic heterocycles. The Balaban J connectivity index is -0.0000000450. The van der Waals surface area contributed by atoms with Crippen molar-refractivity contribution in [3.63, 3.8) is 0 Å². The quantitative estimate of drug-likeness (QED) is 0.489. The number of hydrogen-bond donors (Lipinski definition) is 2. The molecule has 0 aliphatic carbocycles. The van der Waals surface area contributed by atoms with E-state index in [1.54, 1.807) is 0 Å². The molecule has 0 saturated carbocycles. The molecule has 0 radical (unpaired) electrons. The Hall–Kier alpha value is 0.729. The predicted octanol–water partition coefficient (Wildman–Crippen LogP) is -0.677. The molecule has 0 aliphatic rings. The molecule has 0 saturated heterocycles. The molecule has 0 aromatic rings. The largest absolute Gasteiger partial charge is 0.329 e. The van der Waals surface area contributed by atoms with Crippen LogP contribution in [0.2, 0.25) is 0 Å². The molecule has 4 N–H and O–H groups in total. The first-order valence-corrected chi connectivity index (χ1v) is 1.32. The van der Waals surface area contributed by atoms with Crippen LogP contribution in [0, 0.1) is 0 Å². The van der Waals surface area contributed by atoms with E-state index >= 15 is 0 Å². The van der Waals surface area contributed by atoms with Crippen LogP contribution in [-0.2, 0) is 17.1 Å². The smallest absolute Gasteiger partial charge is 0.00461 e. The van der Waals surface area contributed by atoms with Crippen molar-refractivity contribution in [2.24, 2.45) is 11.5 Å². The Bertz CT molecular complexity index is 13.5. The fourth-order valence-corrected chi connectivity index (χ4v) is 0. The minimum atomic E-state index is 0. The third kappa shape index (κ3) is 22.0. The summed E-state index contributed by atoms with van der Waals surface area (Å²) in [6.07, 6.45) is 0. The zero-order valence-corrected chi connectivity index (χ0v) is 5.25. The van der Waals surface area contributed by atoms with Gasteiger partial charge in [-0.25, -0.2) is 0 Å². The van der Waals surface area contributed by atoms with Crippen LogP contribution in [0.1, 0.15) is 0 Å². The number of rotatable bonds is 1. The minimum absolute atomic E-state index is 0. The van der Waals surface area contributed by atoms with E-state index in [-0.39, 0.29) is 29.5 Å². The normalized spacial score (nSPS) is 5.00. The SMILES string of the molecule is Cl.NCCN.[Fe]. The Morgan fingerprint density at radius 2 is 1.17 bits per heavy atom. The summed E-state index contributed by atoms with van der Waals surface area (Å²) in [6.45, 7) is 1.19. The number of hydrogen-bond acceptors (Lipinski definition) is 2. The van der Waals surface area contributed by atoms with E-state index in [0.717, 1.165) is 0 Å². The molecule has 0 spiro atoms. The molecule has 0 heterocycles. The fraction of sp³-hybridized carbons (Fsp3) is 1.00. The molecule has 0 unspecified atom stereocenters. The van der Waals surface area contributed by atoms with E-state index in [4.69, 9.17) is 11.5 Å². The Kier molecular flexibility index (Phi) is 45.5. The molecule has 6 heavy (non-hydrogen) atoms. The van der Waals surface area contributed by atoms with Crippen molar-refractivity contribution in [3.8, 4) is 0 Å². The average molecular weight is 152 g/mol. The molecule has 42 valence electrons. The second kappa shape index (κ2) is 17.2. The van der Waals surface area contributed by atoms with Gasteiger partial charge >= 0.3 is 0 Å². The fourth-order valence-electron chi connectivity index (χ4n) is 0. The van der Waals surface area contributed by atoms with Crippen molar-refractivity contribution in [2.75, 3.05) is 13.1 Å². The summed E-state index contributed by atoms with van der Waals surface area (Å²) in [7, 11) is 0. The van der Waals surface area contributed by atoms with Crippen molar-refractivity contribution >= 4 is 12.4 Å². The van der Waals surface area contributed by atoms with Crippen LogP contribution in [0.15, 0.2) is 0 Å². The van der Waals surface area contributed by atoms with Crippen LogP contribution in [-0.4, -0.2) is 13.1 Å². The maximum atomic E-state index is 4.90. The summed E-state index contributed by atoms with van der Waals surface area (Å²) in [5.74, 6) is 0. The molecule has 0 aromatic carbocycles. The van der Waals surface area contributed by atoms with Crippen LogP contribution in [0.3, 0.4) is 0 Å². The minimum Gasteiger partial charge on any atom is -0.329 e.